The minimum absolute atomic E-state index is 0.443. The third kappa shape index (κ3) is 3.66. The van der Waals surface area contributed by atoms with Gasteiger partial charge in [0.15, 0.2) is 0 Å². The molecule has 1 amide bonds. The Kier molecular flexibility index (Phi) is 3.73. The van der Waals surface area contributed by atoms with E-state index in [1.54, 1.807) is 18.5 Å². The van der Waals surface area contributed by atoms with Crippen LogP contribution >= 0.6 is 0 Å². The zero-order valence-electron chi connectivity index (χ0n) is 13.3. The summed E-state index contributed by atoms with van der Waals surface area (Å²) in [4.78, 5) is 23.4. The molecule has 0 atom stereocenters. The molecule has 6 heteroatoms. The van der Waals surface area contributed by atoms with Gasteiger partial charge in [0.25, 0.3) is 0 Å². The summed E-state index contributed by atoms with van der Waals surface area (Å²) in [7, 11) is 0. The maximum absolute atomic E-state index is 11.7. The van der Waals surface area contributed by atoms with Crippen molar-refractivity contribution in [2.24, 2.45) is 0 Å². The fraction of sp³-hybridized carbons (Fsp3) is 0.235. The van der Waals surface area contributed by atoms with Gasteiger partial charge in [0.1, 0.15) is 17.1 Å². The minimum Gasteiger partial charge on any atom is -0.444 e. The van der Waals surface area contributed by atoms with Crippen LogP contribution < -0.4 is 5.32 Å². The van der Waals surface area contributed by atoms with Crippen LogP contribution in [0.4, 0.5) is 10.6 Å². The number of aromatic nitrogens is 3. The number of rotatable bonds is 2. The smallest absolute Gasteiger partial charge is 0.413 e. The Morgan fingerprint density at radius 3 is 2.61 bits per heavy atom. The first-order chi connectivity index (χ1) is 10.9. The van der Waals surface area contributed by atoms with Gasteiger partial charge in [0.2, 0.25) is 0 Å². The first-order valence-corrected chi connectivity index (χ1v) is 7.30. The van der Waals surface area contributed by atoms with Crippen LogP contribution in [-0.2, 0) is 4.74 Å². The fourth-order valence-electron chi connectivity index (χ4n) is 2.14. The second-order valence-electron chi connectivity index (χ2n) is 6.20. The average molecular weight is 310 g/mol. The fourth-order valence-corrected chi connectivity index (χ4v) is 2.14. The van der Waals surface area contributed by atoms with Crippen molar-refractivity contribution in [1.82, 2.24) is 15.0 Å². The van der Waals surface area contributed by atoms with E-state index in [-0.39, 0.29) is 0 Å². The summed E-state index contributed by atoms with van der Waals surface area (Å²) < 4.78 is 5.19. The molecular formula is C17H18N4O2. The number of fused-ring (bicyclic) bond motifs is 1. The zero-order valence-corrected chi connectivity index (χ0v) is 13.3. The number of aromatic amines is 1. The topological polar surface area (TPSA) is 79.9 Å². The Morgan fingerprint density at radius 1 is 1.13 bits per heavy atom. The van der Waals surface area contributed by atoms with Gasteiger partial charge in [0.05, 0.1) is 0 Å². The second-order valence-corrected chi connectivity index (χ2v) is 6.20. The number of amides is 1. The molecule has 0 saturated carbocycles. The quantitative estimate of drug-likeness (QED) is 0.750. The molecule has 0 aliphatic heterocycles. The Labute approximate surface area is 133 Å². The van der Waals surface area contributed by atoms with Crippen molar-refractivity contribution in [3.63, 3.8) is 0 Å². The first kappa shape index (κ1) is 15.0. The summed E-state index contributed by atoms with van der Waals surface area (Å²) in [6.07, 6.45) is 4.82. The van der Waals surface area contributed by atoms with E-state index in [0.29, 0.717) is 5.82 Å². The number of carbonyl (C=O) groups is 1. The number of carbonyl (C=O) groups excluding carboxylic acids is 1. The highest BCUT2D eigenvalue weighted by Crippen LogP contribution is 2.22. The van der Waals surface area contributed by atoms with Crippen molar-refractivity contribution >= 4 is 22.9 Å². The summed E-state index contributed by atoms with van der Waals surface area (Å²) >= 11 is 0. The van der Waals surface area contributed by atoms with Crippen LogP contribution in [0.15, 0.2) is 42.9 Å². The Bertz CT molecular complexity index is 832. The van der Waals surface area contributed by atoms with E-state index in [0.717, 1.165) is 22.2 Å². The monoisotopic (exact) mass is 310 g/mol. The molecule has 2 N–H and O–H groups in total. The summed E-state index contributed by atoms with van der Waals surface area (Å²) in [6, 6.07) is 7.63. The highest BCUT2D eigenvalue weighted by molar-refractivity contribution is 5.84. The molecule has 118 valence electrons. The molecule has 0 unspecified atom stereocenters. The van der Waals surface area contributed by atoms with E-state index in [2.05, 4.69) is 20.3 Å². The van der Waals surface area contributed by atoms with E-state index in [1.165, 1.54) is 0 Å². The number of H-pyrrole nitrogens is 1. The molecule has 3 aromatic rings. The molecule has 3 rings (SSSR count). The van der Waals surface area contributed by atoms with Gasteiger partial charge < -0.3 is 9.72 Å². The molecule has 0 aromatic carbocycles. The summed E-state index contributed by atoms with van der Waals surface area (Å²) in [5.41, 5.74) is 2.20. The minimum atomic E-state index is -0.540. The number of nitrogens with one attached hydrogen (secondary N) is 2. The van der Waals surface area contributed by atoms with Crippen LogP contribution in [-0.4, -0.2) is 26.6 Å². The van der Waals surface area contributed by atoms with Gasteiger partial charge >= 0.3 is 6.09 Å². The first-order valence-electron chi connectivity index (χ1n) is 7.30. The van der Waals surface area contributed by atoms with Gasteiger partial charge in [-0.15, -0.1) is 0 Å². The average Bonchev–Trinajstić information content (AvgIpc) is 2.93. The maximum atomic E-state index is 11.7. The SMILES string of the molecule is CC(C)(C)OC(=O)Nc1ccc(-c2cnc3[nH]ccc3c2)cn1. The molecule has 0 saturated heterocycles. The van der Waals surface area contributed by atoms with Crippen molar-refractivity contribution in [2.75, 3.05) is 5.32 Å². The van der Waals surface area contributed by atoms with Crippen molar-refractivity contribution in [2.45, 2.75) is 26.4 Å². The van der Waals surface area contributed by atoms with E-state index in [9.17, 15) is 4.79 Å². The predicted octanol–water partition coefficient (Wildman–Crippen LogP) is 3.97. The number of nitrogens with zero attached hydrogens (tertiary/aromatic N) is 2. The lowest BCUT2D eigenvalue weighted by atomic mass is 10.1. The van der Waals surface area contributed by atoms with E-state index >= 15 is 0 Å². The predicted molar refractivity (Wildman–Crippen MR) is 89.2 cm³/mol. The Morgan fingerprint density at radius 2 is 1.91 bits per heavy atom. The van der Waals surface area contributed by atoms with Crippen molar-refractivity contribution in [3.8, 4) is 11.1 Å². The van der Waals surface area contributed by atoms with Gasteiger partial charge in [-0.1, -0.05) is 0 Å². The van der Waals surface area contributed by atoms with Crippen LogP contribution in [0, 0.1) is 0 Å². The van der Waals surface area contributed by atoms with Gasteiger partial charge in [-0.3, -0.25) is 5.32 Å². The van der Waals surface area contributed by atoms with Gasteiger partial charge in [0, 0.05) is 35.1 Å². The summed E-state index contributed by atoms with van der Waals surface area (Å²) in [5, 5.41) is 3.65. The van der Waals surface area contributed by atoms with Crippen molar-refractivity contribution < 1.29 is 9.53 Å². The lowest BCUT2D eigenvalue weighted by Gasteiger charge is -2.19. The van der Waals surface area contributed by atoms with E-state index in [1.807, 2.05) is 45.2 Å². The van der Waals surface area contributed by atoms with Crippen LogP contribution in [0.5, 0.6) is 0 Å². The van der Waals surface area contributed by atoms with Crippen molar-refractivity contribution in [1.29, 1.82) is 0 Å². The van der Waals surface area contributed by atoms with E-state index < -0.39 is 11.7 Å². The molecule has 3 heterocycles. The molecule has 6 nitrogen and oxygen atoms in total. The number of pyridine rings is 2. The molecule has 23 heavy (non-hydrogen) atoms. The molecule has 0 bridgehead atoms. The highest BCUT2D eigenvalue weighted by Gasteiger charge is 2.16. The number of ether oxygens (including phenoxy) is 1. The number of anilines is 1. The summed E-state index contributed by atoms with van der Waals surface area (Å²) in [5.74, 6) is 0.443. The number of hydrogen-bond acceptors (Lipinski definition) is 4. The van der Waals surface area contributed by atoms with Gasteiger partial charge in [-0.05, 0) is 45.0 Å². The maximum Gasteiger partial charge on any atom is 0.413 e. The van der Waals surface area contributed by atoms with Crippen molar-refractivity contribution in [3.05, 3.63) is 42.9 Å². The van der Waals surface area contributed by atoms with Crippen LogP contribution in [0.3, 0.4) is 0 Å². The van der Waals surface area contributed by atoms with Crippen LogP contribution in [0.2, 0.25) is 0 Å². The summed E-state index contributed by atoms with van der Waals surface area (Å²) in [6.45, 7) is 5.44. The third-order valence-corrected chi connectivity index (χ3v) is 3.13. The number of hydrogen-bond donors (Lipinski definition) is 2. The molecule has 0 aliphatic carbocycles. The van der Waals surface area contributed by atoms with E-state index in [4.69, 9.17) is 4.74 Å². The standard InChI is InChI=1S/C17H18N4O2/c1-17(2,3)23-16(22)21-14-5-4-12(9-19-14)13-8-11-6-7-18-15(11)20-10-13/h4-10H,1-3H3,(H,18,20)(H,19,21,22). The lowest BCUT2D eigenvalue weighted by molar-refractivity contribution is 0.0635. The molecule has 0 aliphatic rings. The lowest BCUT2D eigenvalue weighted by Crippen LogP contribution is -2.27. The molecular weight excluding hydrogens is 292 g/mol. The third-order valence-electron chi connectivity index (χ3n) is 3.13. The van der Waals surface area contributed by atoms with Crippen LogP contribution in [0.25, 0.3) is 22.2 Å². The Hall–Kier alpha value is -2.89. The van der Waals surface area contributed by atoms with Gasteiger partial charge in [-0.2, -0.15) is 0 Å². The van der Waals surface area contributed by atoms with Crippen LogP contribution in [0.1, 0.15) is 20.8 Å². The second kappa shape index (κ2) is 5.72. The largest absolute Gasteiger partial charge is 0.444 e. The molecule has 0 fully saturated rings. The van der Waals surface area contributed by atoms with Gasteiger partial charge in [-0.25, -0.2) is 14.8 Å². The zero-order chi connectivity index (χ0) is 16.4. The molecule has 3 aromatic heterocycles. The highest BCUT2D eigenvalue weighted by atomic mass is 16.6. The normalized spacial score (nSPS) is 11.4. The molecule has 0 radical (unpaired) electrons. The molecule has 0 spiro atoms. The Balaban J connectivity index is 1.75.